The minimum Gasteiger partial charge on any atom is -0.507 e. The Kier molecular flexibility index (Phi) is 7.53. The lowest BCUT2D eigenvalue weighted by Gasteiger charge is -2.26. The summed E-state index contributed by atoms with van der Waals surface area (Å²) < 4.78 is 16.2. The molecule has 1 fully saturated rings. The molecule has 1 N–H and O–H groups in total. The van der Waals surface area contributed by atoms with E-state index in [9.17, 15) is 14.7 Å². The van der Waals surface area contributed by atoms with E-state index < -0.39 is 17.7 Å². The van der Waals surface area contributed by atoms with Crippen molar-refractivity contribution in [3.8, 4) is 11.5 Å². The molecule has 1 aliphatic heterocycles. The molecule has 1 aliphatic rings. The number of nitrogens with zero attached hydrogens (tertiary/aromatic N) is 1. The summed E-state index contributed by atoms with van der Waals surface area (Å²) in [6, 6.07) is 11.7. The van der Waals surface area contributed by atoms with Gasteiger partial charge >= 0.3 is 0 Å². The monoisotopic (exact) mass is 439 g/mol. The number of likely N-dealkylation sites (tertiary alicyclic amines) is 1. The molecule has 1 amide bonds. The Morgan fingerprint density at radius 1 is 1.06 bits per heavy atom. The fourth-order valence-corrected chi connectivity index (χ4v) is 3.83. The molecule has 2 aromatic carbocycles. The molecular formula is C25H29NO6. The first-order valence-electron chi connectivity index (χ1n) is 10.6. The van der Waals surface area contributed by atoms with E-state index >= 15 is 0 Å². The van der Waals surface area contributed by atoms with E-state index in [1.807, 2.05) is 26.0 Å². The molecule has 32 heavy (non-hydrogen) atoms. The van der Waals surface area contributed by atoms with Gasteiger partial charge in [-0.1, -0.05) is 35.9 Å². The SMILES string of the molecule is CCOc1ccc([C@@H]2/C(=C(\O)c3ccc(C)cc3)C(=O)C(=O)N2CCCOC)cc1OC. The molecule has 0 saturated carbocycles. The van der Waals surface area contributed by atoms with E-state index in [-0.39, 0.29) is 11.3 Å². The molecule has 0 bridgehead atoms. The third kappa shape index (κ3) is 4.62. The molecule has 0 spiro atoms. The smallest absolute Gasteiger partial charge is 0.295 e. The van der Waals surface area contributed by atoms with Gasteiger partial charge in [0.25, 0.3) is 11.7 Å². The number of methoxy groups -OCH3 is 2. The second-order valence-corrected chi connectivity index (χ2v) is 7.55. The van der Waals surface area contributed by atoms with Crippen molar-refractivity contribution in [2.24, 2.45) is 0 Å². The van der Waals surface area contributed by atoms with Crippen LogP contribution in [0.2, 0.25) is 0 Å². The van der Waals surface area contributed by atoms with Gasteiger partial charge in [0.15, 0.2) is 11.5 Å². The Hall–Kier alpha value is -3.32. The standard InChI is InChI=1S/C25H29NO6/c1-5-32-19-12-11-18(15-20(19)31-4)22-21(23(27)17-9-7-16(2)8-10-17)24(28)25(29)26(22)13-6-14-30-3/h7-12,15,22,27H,5-6,13-14H2,1-4H3/b23-21+/t22-/m1/s1. The molecule has 1 saturated heterocycles. The van der Waals surface area contributed by atoms with Crippen LogP contribution in [0, 0.1) is 6.92 Å². The van der Waals surface area contributed by atoms with Crippen molar-refractivity contribution < 1.29 is 28.9 Å². The molecule has 0 aliphatic carbocycles. The lowest BCUT2D eigenvalue weighted by molar-refractivity contribution is -0.140. The fourth-order valence-electron chi connectivity index (χ4n) is 3.83. The van der Waals surface area contributed by atoms with Crippen LogP contribution < -0.4 is 9.47 Å². The number of rotatable bonds is 9. The predicted molar refractivity (Wildman–Crippen MR) is 121 cm³/mol. The van der Waals surface area contributed by atoms with Crippen LogP contribution in [0.15, 0.2) is 48.0 Å². The number of ketones is 1. The van der Waals surface area contributed by atoms with E-state index in [1.54, 1.807) is 37.4 Å². The number of hydrogen-bond acceptors (Lipinski definition) is 6. The van der Waals surface area contributed by atoms with Crippen LogP contribution >= 0.6 is 0 Å². The van der Waals surface area contributed by atoms with Crippen LogP contribution in [-0.4, -0.2) is 55.7 Å². The molecule has 170 valence electrons. The van der Waals surface area contributed by atoms with Gasteiger partial charge in [-0.15, -0.1) is 0 Å². The number of amides is 1. The molecule has 0 aromatic heterocycles. The number of carbonyl (C=O) groups excluding carboxylic acids is 2. The molecule has 1 heterocycles. The van der Waals surface area contributed by atoms with Gasteiger partial charge in [0.2, 0.25) is 0 Å². The number of aliphatic hydroxyl groups excluding tert-OH is 1. The normalized spacial score (nSPS) is 17.6. The van der Waals surface area contributed by atoms with Crippen molar-refractivity contribution in [2.45, 2.75) is 26.3 Å². The van der Waals surface area contributed by atoms with E-state index in [4.69, 9.17) is 14.2 Å². The summed E-state index contributed by atoms with van der Waals surface area (Å²) in [7, 11) is 3.11. The molecule has 2 aromatic rings. The number of ether oxygens (including phenoxy) is 3. The third-order valence-electron chi connectivity index (χ3n) is 5.42. The minimum atomic E-state index is -0.752. The maximum Gasteiger partial charge on any atom is 0.295 e. The van der Waals surface area contributed by atoms with Crippen molar-refractivity contribution in [2.75, 3.05) is 34.0 Å². The summed E-state index contributed by atoms with van der Waals surface area (Å²) >= 11 is 0. The van der Waals surface area contributed by atoms with E-state index in [0.29, 0.717) is 48.8 Å². The summed E-state index contributed by atoms with van der Waals surface area (Å²) in [5, 5.41) is 11.1. The van der Waals surface area contributed by atoms with Crippen LogP contribution in [0.25, 0.3) is 5.76 Å². The first kappa shape index (κ1) is 23.3. The Bertz CT molecular complexity index is 1010. The van der Waals surface area contributed by atoms with Gasteiger partial charge in [-0.2, -0.15) is 0 Å². The van der Waals surface area contributed by atoms with Gasteiger partial charge < -0.3 is 24.2 Å². The largest absolute Gasteiger partial charge is 0.507 e. The van der Waals surface area contributed by atoms with Crippen molar-refractivity contribution in [1.82, 2.24) is 4.90 Å². The zero-order valence-corrected chi connectivity index (χ0v) is 18.9. The Morgan fingerprint density at radius 2 is 1.78 bits per heavy atom. The number of aliphatic hydroxyl groups is 1. The average molecular weight is 440 g/mol. The first-order chi connectivity index (χ1) is 15.4. The molecule has 7 nitrogen and oxygen atoms in total. The van der Waals surface area contributed by atoms with Gasteiger partial charge in [0.05, 0.1) is 25.3 Å². The lowest BCUT2D eigenvalue weighted by atomic mass is 9.94. The summed E-state index contributed by atoms with van der Waals surface area (Å²) in [6.45, 7) is 5.03. The Labute approximate surface area is 188 Å². The highest BCUT2D eigenvalue weighted by molar-refractivity contribution is 6.46. The topological polar surface area (TPSA) is 85.3 Å². The summed E-state index contributed by atoms with van der Waals surface area (Å²) in [5.74, 6) is -0.503. The van der Waals surface area contributed by atoms with Crippen LogP contribution in [0.1, 0.15) is 36.1 Å². The minimum absolute atomic E-state index is 0.0579. The number of benzene rings is 2. The molecule has 7 heteroatoms. The highest BCUT2D eigenvalue weighted by Crippen LogP contribution is 2.42. The maximum absolute atomic E-state index is 13.0. The average Bonchev–Trinajstić information content (AvgIpc) is 3.05. The predicted octanol–water partition coefficient (Wildman–Crippen LogP) is 3.86. The van der Waals surface area contributed by atoms with Crippen LogP contribution in [0.4, 0.5) is 0 Å². The zero-order valence-electron chi connectivity index (χ0n) is 18.9. The van der Waals surface area contributed by atoms with Crippen molar-refractivity contribution in [3.63, 3.8) is 0 Å². The molecular weight excluding hydrogens is 410 g/mol. The quantitative estimate of drug-likeness (QED) is 0.276. The van der Waals surface area contributed by atoms with Crippen LogP contribution in [0.3, 0.4) is 0 Å². The number of hydrogen-bond donors (Lipinski definition) is 1. The fraction of sp³-hybridized carbons (Fsp3) is 0.360. The highest BCUT2D eigenvalue weighted by atomic mass is 16.5. The summed E-state index contributed by atoms with van der Waals surface area (Å²) in [5.41, 5.74) is 2.21. The Morgan fingerprint density at radius 3 is 2.41 bits per heavy atom. The third-order valence-corrected chi connectivity index (χ3v) is 5.42. The Balaban J connectivity index is 2.14. The van der Waals surface area contributed by atoms with Crippen LogP contribution in [0.5, 0.6) is 11.5 Å². The number of carbonyl (C=O) groups is 2. The van der Waals surface area contributed by atoms with Crippen molar-refractivity contribution in [3.05, 3.63) is 64.7 Å². The lowest BCUT2D eigenvalue weighted by Crippen LogP contribution is -2.31. The van der Waals surface area contributed by atoms with E-state index in [1.165, 1.54) is 12.0 Å². The van der Waals surface area contributed by atoms with Crippen molar-refractivity contribution >= 4 is 17.4 Å². The number of Topliss-reactive ketones (excluding diaryl/α,β-unsaturated/α-hetero) is 1. The number of aryl methyl sites for hydroxylation is 1. The zero-order chi connectivity index (χ0) is 23.3. The molecule has 1 atom stereocenters. The van der Waals surface area contributed by atoms with Gasteiger partial charge in [-0.25, -0.2) is 0 Å². The van der Waals surface area contributed by atoms with Crippen LogP contribution in [-0.2, 0) is 14.3 Å². The molecule has 0 radical (unpaired) electrons. The van der Waals surface area contributed by atoms with Gasteiger partial charge in [0.1, 0.15) is 5.76 Å². The summed E-state index contributed by atoms with van der Waals surface area (Å²) in [6.07, 6.45) is 0.554. The van der Waals surface area contributed by atoms with Gasteiger partial charge in [0, 0.05) is 25.8 Å². The highest BCUT2D eigenvalue weighted by Gasteiger charge is 2.46. The molecule has 0 unspecified atom stereocenters. The van der Waals surface area contributed by atoms with E-state index in [2.05, 4.69) is 0 Å². The first-order valence-corrected chi connectivity index (χ1v) is 10.6. The molecule has 3 rings (SSSR count). The second-order valence-electron chi connectivity index (χ2n) is 7.55. The van der Waals surface area contributed by atoms with E-state index in [0.717, 1.165) is 5.56 Å². The second kappa shape index (κ2) is 10.3. The maximum atomic E-state index is 13.0. The van der Waals surface area contributed by atoms with Gasteiger partial charge in [-0.05, 0) is 38.0 Å². The summed E-state index contributed by atoms with van der Waals surface area (Å²) in [4.78, 5) is 27.5. The van der Waals surface area contributed by atoms with Crippen molar-refractivity contribution in [1.29, 1.82) is 0 Å². The van der Waals surface area contributed by atoms with Gasteiger partial charge in [-0.3, -0.25) is 9.59 Å².